The summed E-state index contributed by atoms with van der Waals surface area (Å²) in [6, 6.07) is 5.32. The zero-order chi connectivity index (χ0) is 29.7. The van der Waals surface area contributed by atoms with E-state index < -0.39 is 23.9 Å². The number of hydrogen-bond acceptors (Lipinski definition) is 8. The van der Waals surface area contributed by atoms with Crippen LogP contribution in [0, 0.1) is 0 Å². The molecule has 0 radical (unpaired) electrons. The summed E-state index contributed by atoms with van der Waals surface area (Å²) in [5, 5.41) is 0.326. The lowest BCUT2D eigenvalue weighted by atomic mass is 10.1. The number of benzene rings is 1. The number of fused-ring (bicyclic) bond motifs is 1. The molecule has 0 aliphatic carbocycles. The number of hydrogen-bond donors (Lipinski definition) is 1. The first-order valence-electron chi connectivity index (χ1n) is 13.6. The highest BCUT2D eigenvalue weighted by Gasteiger charge is 2.34. The van der Waals surface area contributed by atoms with E-state index in [4.69, 9.17) is 19.6 Å². The molecule has 3 heterocycles. The van der Waals surface area contributed by atoms with Crippen molar-refractivity contribution in [1.82, 2.24) is 19.8 Å². The predicted molar refractivity (Wildman–Crippen MR) is 144 cm³/mol. The number of nitrogens with two attached hydrogens (primary N) is 1. The number of carbonyl (C=O) groups is 2. The average Bonchev–Trinajstić information content (AvgIpc) is 3.38. The van der Waals surface area contributed by atoms with Crippen molar-refractivity contribution in [3.8, 4) is 17.2 Å². The third-order valence-electron chi connectivity index (χ3n) is 6.59. The fourth-order valence-corrected chi connectivity index (χ4v) is 4.48. The summed E-state index contributed by atoms with van der Waals surface area (Å²) in [4.78, 5) is 36.9. The number of ether oxygens (including phenoxy) is 2. The van der Waals surface area contributed by atoms with Gasteiger partial charge in [0.25, 0.3) is 5.91 Å². The largest absolute Gasteiger partial charge is 0.491 e. The molecule has 2 amide bonds. The molecule has 1 aliphatic heterocycles. The molecule has 1 fully saturated rings. The van der Waals surface area contributed by atoms with Gasteiger partial charge >= 0.3 is 12.3 Å². The standard InChI is InChI=1S/C28H34F3N5O5/c1-4-5-6-15-39-20-9-7-19(18-8-10-22(28(29,30)31)33-23(18)20)25-34-24(21(16-32)41-25)26(37)35-11-13-36(14-12-35)27(38)40-17(2)3/h7-10,17H,4-6,11-16,32H2,1-3H3. The van der Waals surface area contributed by atoms with E-state index in [-0.39, 0.29) is 67.4 Å². The van der Waals surface area contributed by atoms with Crippen LogP contribution in [0.4, 0.5) is 18.0 Å². The topological polar surface area (TPSA) is 124 Å². The first kappa shape index (κ1) is 30.1. The van der Waals surface area contributed by atoms with E-state index in [9.17, 15) is 22.8 Å². The Bertz CT molecular complexity index is 1380. The summed E-state index contributed by atoms with van der Waals surface area (Å²) in [6.45, 7) is 6.86. The third kappa shape index (κ3) is 6.89. The second-order valence-corrected chi connectivity index (χ2v) is 9.96. The van der Waals surface area contributed by atoms with Gasteiger partial charge in [0.2, 0.25) is 5.89 Å². The quantitative estimate of drug-likeness (QED) is 0.343. The Hall–Kier alpha value is -3.87. The first-order valence-corrected chi connectivity index (χ1v) is 13.6. The smallest absolute Gasteiger partial charge is 0.433 e. The van der Waals surface area contributed by atoms with Crippen molar-refractivity contribution in [2.75, 3.05) is 32.8 Å². The SMILES string of the molecule is CCCCCOc1ccc(-c2nc(C(=O)N3CCN(C(=O)OC(C)C)CC3)c(CN)o2)c2ccc(C(F)(F)F)nc12. The number of carbonyl (C=O) groups excluding carboxylic acids is 2. The van der Waals surface area contributed by atoms with Crippen molar-refractivity contribution < 1.29 is 36.7 Å². The maximum absolute atomic E-state index is 13.5. The molecule has 1 saturated heterocycles. The molecule has 2 N–H and O–H groups in total. The van der Waals surface area contributed by atoms with Crippen LogP contribution >= 0.6 is 0 Å². The molecule has 0 spiro atoms. The van der Waals surface area contributed by atoms with Gasteiger partial charge in [-0.3, -0.25) is 4.79 Å². The number of oxazole rings is 1. The second kappa shape index (κ2) is 12.8. The van der Waals surface area contributed by atoms with Gasteiger partial charge in [0.05, 0.1) is 19.3 Å². The molecule has 4 rings (SSSR count). The molecule has 0 atom stereocenters. The van der Waals surface area contributed by atoms with Crippen LogP contribution in [0.15, 0.2) is 28.7 Å². The molecule has 3 aromatic rings. The van der Waals surface area contributed by atoms with Gasteiger partial charge in [-0.25, -0.2) is 14.8 Å². The van der Waals surface area contributed by atoms with E-state index in [1.165, 1.54) is 17.0 Å². The molecular formula is C28H34F3N5O5. The van der Waals surface area contributed by atoms with Crippen LogP contribution in [0.1, 0.15) is 62.0 Å². The van der Waals surface area contributed by atoms with Crippen LogP contribution in [0.25, 0.3) is 22.4 Å². The Balaban J connectivity index is 1.63. The molecule has 1 aliphatic rings. The molecule has 2 aromatic heterocycles. The van der Waals surface area contributed by atoms with Crippen molar-refractivity contribution in [1.29, 1.82) is 0 Å². The van der Waals surface area contributed by atoms with E-state index in [0.29, 0.717) is 17.6 Å². The van der Waals surface area contributed by atoms with E-state index in [1.807, 2.05) is 6.92 Å². The van der Waals surface area contributed by atoms with Crippen LogP contribution in [0.5, 0.6) is 5.75 Å². The number of rotatable bonds is 9. The van der Waals surface area contributed by atoms with Crippen molar-refractivity contribution in [2.24, 2.45) is 5.73 Å². The summed E-state index contributed by atoms with van der Waals surface area (Å²) >= 11 is 0. The molecule has 41 heavy (non-hydrogen) atoms. The minimum absolute atomic E-state index is 0.00798. The number of pyridine rings is 1. The maximum Gasteiger partial charge on any atom is 0.433 e. The Morgan fingerprint density at radius 1 is 1.05 bits per heavy atom. The van der Waals surface area contributed by atoms with Gasteiger partial charge in [-0.1, -0.05) is 19.8 Å². The number of halogens is 3. The van der Waals surface area contributed by atoms with Gasteiger partial charge < -0.3 is 29.4 Å². The van der Waals surface area contributed by atoms with Crippen LogP contribution in [0.2, 0.25) is 0 Å². The Labute approximate surface area is 235 Å². The summed E-state index contributed by atoms with van der Waals surface area (Å²) < 4.78 is 57.4. The Kier molecular flexibility index (Phi) is 9.36. The summed E-state index contributed by atoms with van der Waals surface area (Å²) in [5.74, 6) is -0.0479. The van der Waals surface area contributed by atoms with Gasteiger partial charge in [-0.2, -0.15) is 13.2 Å². The highest BCUT2D eigenvalue weighted by molar-refractivity contribution is 5.98. The number of piperazine rings is 1. The monoisotopic (exact) mass is 577 g/mol. The zero-order valence-corrected chi connectivity index (χ0v) is 23.3. The lowest BCUT2D eigenvalue weighted by Crippen LogP contribution is -2.51. The average molecular weight is 578 g/mol. The summed E-state index contributed by atoms with van der Waals surface area (Å²) in [7, 11) is 0. The molecule has 1 aromatic carbocycles. The number of alkyl halides is 3. The molecule has 222 valence electrons. The summed E-state index contributed by atoms with van der Waals surface area (Å²) in [6.07, 6.45) is -2.70. The van der Waals surface area contributed by atoms with Crippen molar-refractivity contribution in [2.45, 2.75) is 58.9 Å². The van der Waals surface area contributed by atoms with Gasteiger partial charge in [-0.15, -0.1) is 0 Å². The minimum atomic E-state index is -4.64. The first-order chi connectivity index (χ1) is 19.5. The minimum Gasteiger partial charge on any atom is -0.491 e. The Morgan fingerprint density at radius 3 is 2.39 bits per heavy atom. The lowest BCUT2D eigenvalue weighted by molar-refractivity contribution is -0.140. The number of amides is 2. The van der Waals surface area contributed by atoms with Crippen molar-refractivity contribution in [3.05, 3.63) is 41.4 Å². The Morgan fingerprint density at radius 2 is 1.76 bits per heavy atom. The van der Waals surface area contributed by atoms with Crippen molar-refractivity contribution in [3.63, 3.8) is 0 Å². The molecular weight excluding hydrogens is 543 g/mol. The second-order valence-electron chi connectivity index (χ2n) is 9.96. The zero-order valence-electron chi connectivity index (χ0n) is 23.3. The molecule has 10 nitrogen and oxygen atoms in total. The summed E-state index contributed by atoms with van der Waals surface area (Å²) in [5.41, 5.74) is 5.18. The third-order valence-corrected chi connectivity index (χ3v) is 6.59. The van der Waals surface area contributed by atoms with Gasteiger partial charge in [-0.05, 0) is 44.5 Å². The van der Waals surface area contributed by atoms with E-state index in [2.05, 4.69) is 9.97 Å². The predicted octanol–water partition coefficient (Wildman–Crippen LogP) is 5.24. The van der Waals surface area contributed by atoms with Gasteiger partial charge in [0.1, 0.15) is 17.0 Å². The number of aromatic nitrogens is 2. The number of nitrogens with zero attached hydrogens (tertiary/aromatic N) is 4. The van der Waals surface area contributed by atoms with Gasteiger partial charge in [0.15, 0.2) is 11.5 Å². The normalized spacial score (nSPS) is 14.1. The lowest BCUT2D eigenvalue weighted by Gasteiger charge is -2.34. The number of unbranched alkanes of at least 4 members (excludes halogenated alkanes) is 2. The van der Waals surface area contributed by atoms with E-state index in [1.54, 1.807) is 24.8 Å². The fourth-order valence-electron chi connectivity index (χ4n) is 4.48. The van der Waals surface area contributed by atoms with Crippen LogP contribution in [-0.4, -0.2) is 70.7 Å². The van der Waals surface area contributed by atoms with E-state index in [0.717, 1.165) is 25.3 Å². The highest BCUT2D eigenvalue weighted by Crippen LogP contribution is 2.37. The van der Waals surface area contributed by atoms with Crippen molar-refractivity contribution >= 4 is 22.9 Å². The molecule has 13 heteroatoms. The molecule has 0 bridgehead atoms. The maximum atomic E-state index is 13.5. The van der Waals surface area contributed by atoms with Gasteiger partial charge in [0, 0.05) is 37.1 Å². The van der Waals surface area contributed by atoms with Crippen LogP contribution in [0.3, 0.4) is 0 Å². The molecule has 0 unspecified atom stereocenters. The van der Waals surface area contributed by atoms with E-state index >= 15 is 0 Å². The van der Waals surface area contributed by atoms with Crippen LogP contribution in [-0.2, 0) is 17.5 Å². The van der Waals surface area contributed by atoms with Crippen LogP contribution < -0.4 is 10.5 Å². The highest BCUT2D eigenvalue weighted by atomic mass is 19.4. The molecule has 0 saturated carbocycles. The fraction of sp³-hybridized carbons (Fsp3) is 0.500.